The molecule has 1 fully saturated rings. The lowest BCUT2D eigenvalue weighted by Crippen LogP contribution is -2.61. The number of nitrogens with zero attached hydrogens (tertiary/aromatic N) is 2. The van der Waals surface area contributed by atoms with Crippen LogP contribution in [0.3, 0.4) is 0 Å². The molecule has 142 valence electrons. The van der Waals surface area contributed by atoms with Crippen LogP contribution < -0.4 is 5.32 Å². The van der Waals surface area contributed by atoms with E-state index >= 15 is 0 Å². The van der Waals surface area contributed by atoms with E-state index in [9.17, 15) is 13.7 Å². The van der Waals surface area contributed by atoms with Crippen LogP contribution in [-0.4, -0.2) is 39.9 Å². The SMILES string of the molecule is N#Cc1ccc(NCC2(CO)CN(S(=O)c3ccc(Cl)cc3Cl)C2)cc1F. The molecule has 0 bridgehead atoms. The average Bonchev–Trinajstić information content (AvgIpc) is 2.61. The number of halogens is 3. The highest BCUT2D eigenvalue weighted by molar-refractivity contribution is 7.82. The topological polar surface area (TPSA) is 76.4 Å². The molecule has 1 saturated heterocycles. The van der Waals surface area contributed by atoms with Crippen molar-refractivity contribution in [1.82, 2.24) is 4.31 Å². The number of rotatable bonds is 6. The molecule has 1 atom stereocenters. The summed E-state index contributed by atoms with van der Waals surface area (Å²) in [6.45, 7) is 1.04. The normalized spacial score (nSPS) is 17.0. The monoisotopic (exact) mass is 427 g/mol. The van der Waals surface area contributed by atoms with Crippen LogP contribution in [0.15, 0.2) is 41.3 Å². The zero-order valence-electron chi connectivity index (χ0n) is 14.1. The van der Waals surface area contributed by atoms with Gasteiger partial charge in [0.25, 0.3) is 0 Å². The molecular weight excluding hydrogens is 412 g/mol. The van der Waals surface area contributed by atoms with Crippen molar-refractivity contribution in [2.45, 2.75) is 4.90 Å². The Kier molecular flexibility index (Phi) is 6.04. The van der Waals surface area contributed by atoms with Gasteiger partial charge in [0.05, 0.1) is 22.1 Å². The molecule has 0 saturated carbocycles. The van der Waals surface area contributed by atoms with Crippen molar-refractivity contribution in [3.63, 3.8) is 0 Å². The number of hydrogen-bond acceptors (Lipinski definition) is 4. The molecule has 0 amide bonds. The highest BCUT2D eigenvalue weighted by atomic mass is 35.5. The van der Waals surface area contributed by atoms with Crippen molar-refractivity contribution in [1.29, 1.82) is 5.26 Å². The maximum absolute atomic E-state index is 13.7. The largest absolute Gasteiger partial charge is 0.396 e. The first kappa shape index (κ1) is 20.1. The van der Waals surface area contributed by atoms with Crippen LogP contribution in [0.2, 0.25) is 10.0 Å². The second-order valence-electron chi connectivity index (χ2n) is 6.44. The highest BCUT2D eigenvalue weighted by Crippen LogP contribution is 2.35. The first-order chi connectivity index (χ1) is 12.9. The number of aliphatic hydroxyl groups is 1. The standard InChI is InChI=1S/C18H16Cl2FN3O2S/c19-13-2-4-17(15(20)5-13)27(26)24-9-18(10-24,11-25)8-23-14-3-1-12(7-22)16(21)6-14/h1-6,23,25H,8-11H2. The number of nitrogens with one attached hydrogen (secondary N) is 1. The van der Waals surface area contributed by atoms with E-state index in [2.05, 4.69) is 5.32 Å². The van der Waals surface area contributed by atoms with E-state index in [0.717, 1.165) is 0 Å². The van der Waals surface area contributed by atoms with E-state index in [0.29, 0.717) is 40.3 Å². The Morgan fingerprint density at radius 1 is 1.30 bits per heavy atom. The van der Waals surface area contributed by atoms with Crippen LogP contribution in [0.1, 0.15) is 5.56 Å². The zero-order valence-corrected chi connectivity index (χ0v) is 16.4. The second kappa shape index (κ2) is 8.13. The van der Waals surface area contributed by atoms with Gasteiger partial charge in [0, 0.05) is 35.8 Å². The summed E-state index contributed by atoms with van der Waals surface area (Å²) in [5, 5.41) is 22.4. The van der Waals surface area contributed by atoms with Crippen molar-refractivity contribution >= 4 is 39.9 Å². The number of anilines is 1. The third-order valence-corrected chi connectivity index (χ3v) is 6.55. The Hall–Kier alpha value is -1.69. The molecule has 1 heterocycles. The Bertz CT molecular complexity index is 929. The first-order valence-corrected chi connectivity index (χ1v) is 9.90. The van der Waals surface area contributed by atoms with Crippen molar-refractivity contribution in [2.75, 3.05) is 31.6 Å². The summed E-state index contributed by atoms with van der Waals surface area (Å²) in [5.41, 5.74) is -0.0130. The molecule has 9 heteroatoms. The van der Waals surface area contributed by atoms with Gasteiger partial charge in [-0.2, -0.15) is 5.26 Å². The van der Waals surface area contributed by atoms with Crippen LogP contribution >= 0.6 is 23.2 Å². The summed E-state index contributed by atoms with van der Waals surface area (Å²) in [7, 11) is -1.46. The molecule has 2 N–H and O–H groups in total. The molecule has 1 aliphatic heterocycles. The highest BCUT2D eigenvalue weighted by Gasteiger charge is 2.45. The summed E-state index contributed by atoms with van der Waals surface area (Å²) < 4.78 is 28.1. The number of benzene rings is 2. The Morgan fingerprint density at radius 3 is 2.63 bits per heavy atom. The molecule has 1 unspecified atom stereocenters. The Balaban J connectivity index is 1.63. The van der Waals surface area contributed by atoms with E-state index in [1.165, 1.54) is 18.2 Å². The van der Waals surface area contributed by atoms with Crippen LogP contribution in [-0.2, 0) is 11.0 Å². The van der Waals surface area contributed by atoms with E-state index in [4.69, 9.17) is 28.5 Å². The maximum Gasteiger partial charge on any atom is 0.143 e. The first-order valence-electron chi connectivity index (χ1n) is 8.04. The third-order valence-electron chi connectivity index (χ3n) is 4.43. The van der Waals surface area contributed by atoms with Gasteiger partial charge in [-0.1, -0.05) is 23.2 Å². The van der Waals surface area contributed by atoms with Crippen molar-refractivity contribution in [3.05, 3.63) is 57.8 Å². The molecule has 2 aromatic carbocycles. The number of nitriles is 1. The molecule has 1 aliphatic rings. The van der Waals surface area contributed by atoms with Crippen molar-refractivity contribution < 1.29 is 13.7 Å². The molecule has 0 radical (unpaired) electrons. The lowest BCUT2D eigenvalue weighted by molar-refractivity contribution is 0.0234. The fraction of sp³-hybridized carbons (Fsp3) is 0.278. The summed E-state index contributed by atoms with van der Waals surface area (Å²) >= 11 is 12.0. The number of aliphatic hydroxyl groups excluding tert-OH is 1. The van der Waals surface area contributed by atoms with Crippen LogP contribution in [0, 0.1) is 22.6 Å². The lowest BCUT2D eigenvalue weighted by atomic mass is 9.82. The molecule has 2 aromatic rings. The Morgan fingerprint density at radius 2 is 2.04 bits per heavy atom. The smallest absolute Gasteiger partial charge is 0.143 e. The quantitative estimate of drug-likeness (QED) is 0.739. The van der Waals surface area contributed by atoms with Crippen LogP contribution in [0.25, 0.3) is 0 Å². The van der Waals surface area contributed by atoms with Gasteiger partial charge < -0.3 is 10.4 Å². The third kappa shape index (κ3) is 4.26. The van der Waals surface area contributed by atoms with Gasteiger partial charge in [-0.15, -0.1) is 0 Å². The molecule has 0 aromatic heterocycles. The summed E-state index contributed by atoms with van der Waals surface area (Å²) in [6, 6.07) is 10.8. The van der Waals surface area contributed by atoms with Gasteiger partial charge in [-0.3, -0.25) is 0 Å². The van der Waals surface area contributed by atoms with E-state index in [1.54, 1.807) is 28.6 Å². The van der Waals surface area contributed by atoms with E-state index in [-0.39, 0.29) is 12.2 Å². The molecule has 5 nitrogen and oxygen atoms in total. The molecule has 0 aliphatic carbocycles. The van der Waals surface area contributed by atoms with Gasteiger partial charge in [0.2, 0.25) is 0 Å². The minimum absolute atomic E-state index is 0.0255. The van der Waals surface area contributed by atoms with Gasteiger partial charge in [-0.05, 0) is 36.4 Å². The lowest BCUT2D eigenvalue weighted by Gasteiger charge is -2.48. The summed E-state index contributed by atoms with van der Waals surface area (Å²) in [5.74, 6) is -0.603. The summed E-state index contributed by atoms with van der Waals surface area (Å²) in [6.07, 6.45) is 0. The van der Waals surface area contributed by atoms with Gasteiger partial charge in [-0.25, -0.2) is 12.9 Å². The number of hydrogen-bond donors (Lipinski definition) is 2. The van der Waals surface area contributed by atoms with Crippen molar-refractivity contribution in [3.8, 4) is 6.07 Å². The Labute approximate surface area is 168 Å². The molecule has 27 heavy (non-hydrogen) atoms. The van der Waals surface area contributed by atoms with Gasteiger partial charge >= 0.3 is 0 Å². The van der Waals surface area contributed by atoms with Crippen LogP contribution in [0.4, 0.5) is 10.1 Å². The predicted molar refractivity (Wildman–Crippen MR) is 104 cm³/mol. The molecular formula is C18H16Cl2FN3O2S. The van der Waals surface area contributed by atoms with E-state index < -0.39 is 22.2 Å². The maximum atomic E-state index is 13.7. The molecule has 3 rings (SSSR count). The van der Waals surface area contributed by atoms with Gasteiger partial charge in [0.15, 0.2) is 0 Å². The second-order valence-corrected chi connectivity index (χ2v) is 8.74. The minimum Gasteiger partial charge on any atom is -0.396 e. The van der Waals surface area contributed by atoms with E-state index in [1.807, 2.05) is 0 Å². The molecule has 0 spiro atoms. The zero-order chi connectivity index (χ0) is 19.6. The predicted octanol–water partition coefficient (Wildman–Crippen LogP) is 3.43. The minimum atomic E-state index is -1.46. The van der Waals surface area contributed by atoms with Crippen molar-refractivity contribution in [2.24, 2.45) is 5.41 Å². The summed E-state index contributed by atoms with van der Waals surface area (Å²) in [4.78, 5) is 0.467. The fourth-order valence-electron chi connectivity index (χ4n) is 2.85. The van der Waals surface area contributed by atoms with Gasteiger partial charge in [0.1, 0.15) is 22.9 Å². The average molecular weight is 428 g/mol. The fourth-order valence-corrected chi connectivity index (χ4v) is 4.93. The van der Waals surface area contributed by atoms with Crippen LogP contribution in [0.5, 0.6) is 0 Å².